The monoisotopic (exact) mass is 325 g/mol. The summed E-state index contributed by atoms with van der Waals surface area (Å²) < 4.78 is 41.5. The van der Waals surface area contributed by atoms with Gasteiger partial charge >= 0.3 is 12.1 Å². The van der Waals surface area contributed by atoms with E-state index in [9.17, 15) is 13.2 Å². The van der Waals surface area contributed by atoms with Gasteiger partial charge < -0.3 is 4.52 Å². The van der Waals surface area contributed by atoms with Gasteiger partial charge in [-0.15, -0.1) is 0 Å². The second-order valence-corrected chi connectivity index (χ2v) is 4.73. The molecule has 0 aliphatic heterocycles. The van der Waals surface area contributed by atoms with Crippen LogP contribution in [0.15, 0.2) is 47.0 Å². The van der Waals surface area contributed by atoms with Gasteiger partial charge in [0.15, 0.2) is 0 Å². The fourth-order valence-corrected chi connectivity index (χ4v) is 1.98. The first kappa shape index (κ1) is 14.5. The molecule has 1 aromatic carbocycles. The lowest BCUT2D eigenvalue weighted by Gasteiger charge is -2.02. The van der Waals surface area contributed by atoms with E-state index in [0.29, 0.717) is 16.4 Å². The highest BCUT2D eigenvalue weighted by Crippen LogP contribution is 2.30. The number of hydrogen-bond donors (Lipinski definition) is 0. The lowest BCUT2D eigenvalue weighted by atomic mass is 10.1. The van der Waals surface area contributed by atoms with Crippen molar-refractivity contribution < 1.29 is 17.7 Å². The van der Waals surface area contributed by atoms with Gasteiger partial charge in [0.05, 0.1) is 5.69 Å². The molecular formula is C14H7ClF3N3O. The fourth-order valence-electron chi connectivity index (χ4n) is 1.81. The first-order valence-corrected chi connectivity index (χ1v) is 6.45. The topological polar surface area (TPSA) is 51.8 Å². The molecule has 3 rings (SSSR count). The highest BCUT2D eigenvalue weighted by Gasteiger charge is 2.38. The number of halogens is 4. The van der Waals surface area contributed by atoms with Crippen molar-refractivity contribution in [1.82, 2.24) is 15.1 Å². The van der Waals surface area contributed by atoms with E-state index in [2.05, 4.69) is 19.6 Å². The van der Waals surface area contributed by atoms with E-state index >= 15 is 0 Å². The third kappa shape index (κ3) is 2.94. The minimum atomic E-state index is -4.66. The first-order valence-electron chi connectivity index (χ1n) is 6.08. The zero-order valence-electron chi connectivity index (χ0n) is 10.8. The van der Waals surface area contributed by atoms with Gasteiger partial charge in [0.2, 0.25) is 5.82 Å². The Hall–Kier alpha value is -2.41. The second kappa shape index (κ2) is 5.42. The summed E-state index contributed by atoms with van der Waals surface area (Å²) in [5, 5.41) is 3.68. The third-order valence-corrected chi connectivity index (χ3v) is 3.03. The zero-order chi connectivity index (χ0) is 15.7. The van der Waals surface area contributed by atoms with E-state index in [4.69, 9.17) is 11.6 Å². The van der Waals surface area contributed by atoms with E-state index < -0.39 is 12.1 Å². The van der Waals surface area contributed by atoms with Crippen molar-refractivity contribution in [2.75, 3.05) is 0 Å². The van der Waals surface area contributed by atoms with Crippen molar-refractivity contribution in [3.63, 3.8) is 0 Å². The van der Waals surface area contributed by atoms with Crippen LogP contribution in [0.25, 0.3) is 22.6 Å². The van der Waals surface area contributed by atoms with Crippen molar-refractivity contribution in [1.29, 1.82) is 0 Å². The minimum absolute atomic E-state index is 0.127. The van der Waals surface area contributed by atoms with Crippen molar-refractivity contribution in [2.24, 2.45) is 0 Å². The van der Waals surface area contributed by atoms with Gasteiger partial charge in [-0.2, -0.15) is 18.2 Å². The Morgan fingerprint density at radius 1 is 0.909 bits per heavy atom. The quantitative estimate of drug-likeness (QED) is 0.652. The first-order chi connectivity index (χ1) is 10.4. The lowest BCUT2D eigenvalue weighted by Crippen LogP contribution is -2.04. The van der Waals surface area contributed by atoms with Gasteiger partial charge in [-0.3, -0.25) is 0 Å². The van der Waals surface area contributed by atoms with Crippen LogP contribution in [0.4, 0.5) is 13.2 Å². The smallest absolute Gasteiger partial charge is 0.329 e. The summed E-state index contributed by atoms with van der Waals surface area (Å²) in [6.07, 6.45) is -4.66. The minimum Gasteiger partial charge on any atom is -0.329 e. The van der Waals surface area contributed by atoms with Crippen LogP contribution in [0.2, 0.25) is 5.15 Å². The zero-order valence-corrected chi connectivity index (χ0v) is 11.6. The Balaban J connectivity index is 1.90. The lowest BCUT2D eigenvalue weighted by molar-refractivity contribution is -0.159. The van der Waals surface area contributed by atoms with E-state index in [-0.39, 0.29) is 5.82 Å². The average Bonchev–Trinajstić information content (AvgIpc) is 2.97. The van der Waals surface area contributed by atoms with E-state index in [1.807, 2.05) is 0 Å². The van der Waals surface area contributed by atoms with Crippen LogP contribution in [-0.4, -0.2) is 15.1 Å². The maximum Gasteiger partial charge on any atom is 0.471 e. The Bertz CT molecular complexity index is 800. The van der Waals surface area contributed by atoms with Crippen molar-refractivity contribution in [3.8, 4) is 22.6 Å². The molecule has 0 bridgehead atoms. The summed E-state index contributed by atoms with van der Waals surface area (Å²) in [4.78, 5) is 7.48. The number of rotatable bonds is 2. The van der Waals surface area contributed by atoms with Crippen LogP contribution in [0.5, 0.6) is 0 Å². The van der Waals surface area contributed by atoms with Gasteiger partial charge in [0, 0.05) is 11.1 Å². The van der Waals surface area contributed by atoms with Crippen molar-refractivity contribution >= 4 is 11.6 Å². The number of aromatic nitrogens is 3. The highest BCUT2D eigenvalue weighted by atomic mass is 35.5. The Morgan fingerprint density at radius 2 is 1.59 bits per heavy atom. The maximum absolute atomic E-state index is 12.4. The molecule has 0 amide bonds. The van der Waals surface area contributed by atoms with Gasteiger partial charge in [-0.05, 0) is 12.1 Å². The van der Waals surface area contributed by atoms with Crippen LogP contribution in [0.3, 0.4) is 0 Å². The molecule has 0 aliphatic rings. The average molecular weight is 326 g/mol. The summed E-state index contributed by atoms with van der Waals surface area (Å²) in [7, 11) is 0. The van der Waals surface area contributed by atoms with E-state index in [1.54, 1.807) is 42.5 Å². The van der Waals surface area contributed by atoms with Gasteiger partial charge in [-0.1, -0.05) is 47.1 Å². The Morgan fingerprint density at radius 3 is 2.18 bits per heavy atom. The van der Waals surface area contributed by atoms with Crippen LogP contribution in [0, 0.1) is 0 Å². The standard InChI is InChI=1S/C14H7ClF3N3O/c15-11-3-1-2-10(19-11)8-4-6-9(7-5-8)12-20-13(22-21-12)14(16,17)18/h1-7H. The predicted octanol–water partition coefficient (Wildman–Crippen LogP) is 4.47. The molecule has 2 aromatic heterocycles. The number of hydrogen-bond acceptors (Lipinski definition) is 4. The summed E-state index contributed by atoms with van der Waals surface area (Å²) in [5.74, 6) is -1.50. The molecule has 0 radical (unpaired) electrons. The summed E-state index contributed by atoms with van der Waals surface area (Å²) in [5.41, 5.74) is 1.83. The molecule has 22 heavy (non-hydrogen) atoms. The number of benzene rings is 1. The summed E-state index contributed by atoms with van der Waals surface area (Å²) in [6.45, 7) is 0. The van der Waals surface area contributed by atoms with E-state index in [0.717, 1.165) is 5.56 Å². The second-order valence-electron chi connectivity index (χ2n) is 4.34. The van der Waals surface area contributed by atoms with Gasteiger partial charge in [0.25, 0.3) is 0 Å². The van der Waals surface area contributed by atoms with Crippen LogP contribution in [0.1, 0.15) is 5.89 Å². The van der Waals surface area contributed by atoms with Gasteiger partial charge in [0.1, 0.15) is 5.15 Å². The Labute approximate surface area is 127 Å². The third-order valence-electron chi connectivity index (χ3n) is 2.82. The SMILES string of the molecule is FC(F)(F)c1nc(-c2ccc(-c3cccc(Cl)n3)cc2)no1. The maximum atomic E-state index is 12.4. The fraction of sp³-hybridized carbons (Fsp3) is 0.0714. The molecule has 0 saturated heterocycles. The Kier molecular flexibility index (Phi) is 3.58. The van der Waals surface area contributed by atoms with Crippen LogP contribution >= 0.6 is 11.6 Å². The van der Waals surface area contributed by atoms with Crippen LogP contribution in [-0.2, 0) is 6.18 Å². The summed E-state index contributed by atoms with van der Waals surface area (Å²) in [6, 6.07) is 11.7. The normalized spacial score (nSPS) is 11.6. The highest BCUT2D eigenvalue weighted by molar-refractivity contribution is 6.29. The number of pyridine rings is 1. The molecule has 2 heterocycles. The largest absolute Gasteiger partial charge is 0.471 e. The van der Waals surface area contributed by atoms with Gasteiger partial charge in [-0.25, -0.2) is 4.98 Å². The molecule has 0 atom stereocenters. The van der Waals surface area contributed by atoms with Crippen molar-refractivity contribution in [2.45, 2.75) is 6.18 Å². The van der Waals surface area contributed by atoms with E-state index in [1.165, 1.54) is 0 Å². The number of alkyl halides is 3. The molecule has 0 unspecified atom stereocenters. The molecule has 3 aromatic rings. The molecule has 0 fully saturated rings. The molecule has 4 nitrogen and oxygen atoms in total. The molecule has 0 N–H and O–H groups in total. The molecule has 0 spiro atoms. The van der Waals surface area contributed by atoms with Crippen molar-refractivity contribution in [3.05, 3.63) is 53.5 Å². The predicted molar refractivity (Wildman–Crippen MR) is 73.0 cm³/mol. The molecule has 8 heteroatoms. The number of nitrogens with zero attached hydrogens (tertiary/aromatic N) is 3. The summed E-state index contributed by atoms with van der Waals surface area (Å²) >= 11 is 5.82. The molecule has 112 valence electrons. The molecule has 0 aliphatic carbocycles. The van der Waals surface area contributed by atoms with Crippen LogP contribution < -0.4 is 0 Å². The molecular weight excluding hydrogens is 319 g/mol. The molecule has 0 saturated carbocycles.